The van der Waals surface area contributed by atoms with Crippen LogP contribution in [-0.2, 0) is 12.8 Å². The Hall–Kier alpha value is -4.57. The molecule has 60 heavy (non-hydrogen) atoms. The number of nitrogens with one attached hydrogen (secondary N) is 1. The molecule has 6 nitrogen and oxygen atoms in total. The van der Waals surface area contributed by atoms with Crippen LogP contribution in [0.5, 0.6) is 0 Å². The Morgan fingerprint density at radius 3 is 1.78 bits per heavy atom. The molecule has 2 aromatic carbocycles. The van der Waals surface area contributed by atoms with Crippen LogP contribution in [0.25, 0.3) is 0 Å². The van der Waals surface area contributed by atoms with E-state index in [0.29, 0.717) is 11.1 Å². The summed E-state index contributed by atoms with van der Waals surface area (Å²) < 4.78 is 18.2. The largest absolute Gasteiger partial charge is 0.449 e. The van der Waals surface area contributed by atoms with Crippen LogP contribution in [0.15, 0.2) is 83.1 Å². The Bertz CT molecular complexity index is 1650. The van der Waals surface area contributed by atoms with Crippen LogP contribution in [0, 0.1) is 50.8 Å². The van der Waals surface area contributed by atoms with Gasteiger partial charge >= 0.3 is 0 Å². The smallest absolute Gasteiger partial charge is 0.251 e. The minimum absolute atomic E-state index is 0.0295. The van der Waals surface area contributed by atoms with Gasteiger partial charge < -0.3 is 9.73 Å². The summed E-state index contributed by atoms with van der Waals surface area (Å²) in [6.45, 7) is 29.9. The first-order chi connectivity index (χ1) is 28.7. The predicted molar refractivity (Wildman–Crippen MR) is 257 cm³/mol. The summed E-state index contributed by atoms with van der Waals surface area (Å²) in [5, 5.41) is 11.1. The fourth-order valence-electron chi connectivity index (χ4n) is 4.76. The molecule has 4 aromatic rings. The van der Waals surface area contributed by atoms with Crippen molar-refractivity contribution < 1.29 is 13.6 Å². The van der Waals surface area contributed by atoms with Gasteiger partial charge in [-0.1, -0.05) is 137 Å². The monoisotopic (exact) mass is 829 g/mol. The Morgan fingerprint density at radius 1 is 0.817 bits per heavy atom. The molecule has 7 heteroatoms. The van der Waals surface area contributed by atoms with Crippen molar-refractivity contribution in [2.45, 2.75) is 180 Å². The third kappa shape index (κ3) is 34.3. The molecule has 2 heterocycles. The second-order valence-electron chi connectivity index (χ2n) is 15.1. The van der Waals surface area contributed by atoms with E-state index in [-0.39, 0.29) is 11.7 Å². The van der Waals surface area contributed by atoms with Crippen LogP contribution in [-0.4, -0.2) is 22.9 Å². The number of allylic oxidation sites excluding steroid dienone is 2. The molecular formula is C53H85FN4O2. The number of aromatic nitrogens is 2. The summed E-state index contributed by atoms with van der Waals surface area (Å²) in [4.78, 5) is 19.3. The van der Waals surface area contributed by atoms with Gasteiger partial charge in [-0.25, -0.2) is 9.37 Å². The average Bonchev–Trinajstić information content (AvgIpc) is 3.78. The SMILES string of the molecule is C/C=C(\C)CC(C)CC.CCCC.CCCCC.CCCCc1ccc(C#N)cc1F.CCCCc1ncco1.CNC(=O)c1ccc(C)c(C)c1.Cc1cccc(C)n1. The van der Waals surface area contributed by atoms with Gasteiger partial charge in [0, 0.05) is 30.4 Å². The number of nitrogens with zero attached hydrogens (tertiary/aromatic N) is 3. The third-order valence-corrected chi connectivity index (χ3v) is 9.30. The maximum absolute atomic E-state index is 13.2. The number of hydrogen-bond acceptors (Lipinski definition) is 5. The predicted octanol–water partition coefficient (Wildman–Crippen LogP) is 15.8. The lowest BCUT2D eigenvalue weighted by Gasteiger charge is -2.06. The van der Waals surface area contributed by atoms with Crippen LogP contribution >= 0.6 is 0 Å². The summed E-state index contributed by atoms with van der Waals surface area (Å²) in [5.41, 5.74) is 7.87. The maximum Gasteiger partial charge on any atom is 0.251 e. The van der Waals surface area contributed by atoms with Gasteiger partial charge in [0.1, 0.15) is 12.1 Å². The molecule has 336 valence electrons. The zero-order chi connectivity index (χ0) is 46.1. The zero-order valence-electron chi connectivity index (χ0n) is 40.7. The van der Waals surface area contributed by atoms with E-state index in [2.05, 4.69) is 90.6 Å². The topological polar surface area (TPSA) is 91.8 Å². The number of pyridine rings is 1. The van der Waals surface area contributed by atoms with Gasteiger partial charge in [-0.2, -0.15) is 5.26 Å². The number of hydrogen-bond donors (Lipinski definition) is 1. The lowest BCUT2D eigenvalue weighted by Crippen LogP contribution is -2.17. The van der Waals surface area contributed by atoms with Gasteiger partial charge in [-0.3, -0.25) is 9.78 Å². The van der Waals surface area contributed by atoms with Gasteiger partial charge in [0.25, 0.3) is 5.91 Å². The standard InChI is InChI=1S/C11H12FN.C10H13NO.C9H18.C7H11NO.C7H9N.C5H12.C4H10/c1-2-3-4-10-6-5-9(8-13)7-11(10)12;1-7-4-5-9(6-8(7)2)10(12)11-3;1-5-8(3)7-9(4)6-2;1-2-3-4-7-8-5-6-9-7;1-6-4-3-5-7(2)8-6;1-3-5-4-2;1-3-4-2/h5-7H,2-4H2,1H3;4-6H,1-3H3,(H,11,12);5,9H,6-7H2,1-4H3;5-6H,2-4H2,1H3;3-5H,1-2H3;3-5H2,1-2H3;3-4H2,1-2H3/b;;8-5+;;;;. The fourth-order valence-corrected chi connectivity index (χ4v) is 4.76. The molecule has 1 amide bonds. The highest BCUT2D eigenvalue weighted by atomic mass is 19.1. The number of amides is 1. The molecule has 2 aromatic heterocycles. The molecule has 0 bridgehead atoms. The normalized spacial score (nSPS) is 10.3. The van der Waals surface area contributed by atoms with E-state index in [9.17, 15) is 9.18 Å². The number of benzene rings is 2. The second kappa shape index (κ2) is 41.2. The summed E-state index contributed by atoms with van der Waals surface area (Å²) in [7, 11) is 1.64. The lowest BCUT2D eigenvalue weighted by atomic mass is 10.00. The molecular weight excluding hydrogens is 744 g/mol. The third-order valence-electron chi connectivity index (χ3n) is 9.30. The van der Waals surface area contributed by atoms with Crippen molar-refractivity contribution in [2.75, 3.05) is 7.05 Å². The van der Waals surface area contributed by atoms with Crippen LogP contribution in [0.1, 0.15) is 190 Å². The Morgan fingerprint density at radius 2 is 1.40 bits per heavy atom. The summed E-state index contributed by atoms with van der Waals surface area (Å²) >= 11 is 0. The van der Waals surface area contributed by atoms with Crippen molar-refractivity contribution in [2.24, 2.45) is 5.92 Å². The van der Waals surface area contributed by atoms with Crippen molar-refractivity contribution in [1.82, 2.24) is 15.3 Å². The molecule has 0 aliphatic heterocycles. The second-order valence-corrected chi connectivity index (χ2v) is 15.1. The van der Waals surface area contributed by atoms with Gasteiger partial charge in [-0.15, -0.1) is 0 Å². The molecule has 1 unspecified atom stereocenters. The number of rotatable bonds is 13. The highest BCUT2D eigenvalue weighted by Crippen LogP contribution is 2.14. The summed E-state index contributed by atoms with van der Waals surface area (Å²) in [6, 6.07) is 18.3. The number of halogens is 1. The highest BCUT2D eigenvalue weighted by molar-refractivity contribution is 5.94. The minimum Gasteiger partial charge on any atom is -0.449 e. The van der Waals surface area contributed by atoms with E-state index in [1.807, 2.05) is 70.2 Å². The molecule has 0 radical (unpaired) electrons. The Kier molecular flexibility index (Phi) is 41.0. The van der Waals surface area contributed by atoms with Crippen molar-refractivity contribution in [3.63, 3.8) is 0 Å². The number of nitriles is 1. The Balaban J connectivity index is -0.000000650. The van der Waals surface area contributed by atoms with E-state index >= 15 is 0 Å². The first kappa shape index (κ1) is 59.7. The van der Waals surface area contributed by atoms with Gasteiger partial charge in [-0.05, 0) is 126 Å². The van der Waals surface area contributed by atoms with Crippen molar-refractivity contribution in [3.05, 3.63) is 130 Å². The number of carbonyl (C=O) groups is 1. The van der Waals surface area contributed by atoms with E-state index in [1.54, 1.807) is 31.6 Å². The van der Waals surface area contributed by atoms with Crippen LogP contribution in [0.3, 0.4) is 0 Å². The number of aryl methyl sites for hydroxylation is 6. The molecule has 0 fully saturated rings. The zero-order valence-corrected chi connectivity index (χ0v) is 40.7. The van der Waals surface area contributed by atoms with E-state index < -0.39 is 0 Å². The molecule has 0 aliphatic carbocycles. The molecule has 4 rings (SSSR count). The number of carbonyl (C=O) groups excluding carboxylic acids is 1. The quantitative estimate of drug-likeness (QED) is 0.136. The summed E-state index contributed by atoms with van der Waals surface area (Å²) in [6.07, 6.45) is 20.9. The lowest BCUT2D eigenvalue weighted by molar-refractivity contribution is 0.0963. The van der Waals surface area contributed by atoms with Crippen molar-refractivity contribution >= 4 is 5.91 Å². The molecule has 0 aliphatic rings. The van der Waals surface area contributed by atoms with E-state index in [1.165, 1.54) is 75.0 Å². The minimum atomic E-state index is -0.257. The molecule has 1 N–H and O–H groups in total. The van der Waals surface area contributed by atoms with Crippen LogP contribution in [0.4, 0.5) is 4.39 Å². The van der Waals surface area contributed by atoms with Gasteiger partial charge in [0.2, 0.25) is 0 Å². The first-order valence-electron chi connectivity index (χ1n) is 22.6. The van der Waals surface area contributed by atoms with Crippen molar-refractivity contribution in [1.29, 1.82) is 5.26 Å². The average molecular weight is 829 g/mol. The van der Waals surface area contributed by atoms with E-state index in [0.717, 1.165) is 60.0 Å². The number of unbranched alkanes of at least 4 members (excludes halogenated alkanes) is 5. The number of oxazole rings is 1. The molecule has 0 saturated heterocycles. The highest BCUT2D eigenvalue weighted by Gasteiger charge is 2.04. The Labute approximate surface area is 367 Å². The first-order valence-corrected chi connectivity index (χ1v) is 22.6. The fraction of sp³-hybridized carbons (Fsp3) is 0.547. The van der Waals surface area contributed by atoms with Gasteiger partial charge in [0.15, 0.2) is 5.89 Å². The molecule has 0 spiro atoms. The van der Waals surface area contributed by atoms with Crippen LogP contribution < -0.4 is 5.32 Å². The summed E-state index contributed by atoms with van der Waals surface area (Å²) in [5.74, 6) is 1.43. The maximum atomic E-state index is 13.2. The van der Waals surface area contributed by atoms with Crippen LogP contribution in [0.2, 0.25) is 0 Å². The van der Waals surface area contributed by atoms with E-state index in [4.69, 9.17) is 9.68 Å². The van der Waals surface area contributed by atoms with Crippen molar-refractivity contribution in [3.8, 4) is 6.07 Å². The molecule has 0 saturated carbocycles. The molecule has 1 atom stereocenters. The van der Waals surface area contributed by atoms with Gasteiger partial charge in [0.05, 0.1) is 17.8 Å².